The second-order valence-electron chi connectivity index (χ2n) is 6.01. The molecule has 0 radical (unpaired) electrons. The Hall–Kier alpha value is -2.27. The third kappa shape index (κ3) is 3.62. The van der Waals surface area contributed by atoms with Crippen molar-refractivity contribution in [1.29, 1.82) is 0 Å². The van der Waals surface area contributed by atoms with Crippen LogP contribution in [0.2, 0.25) is 0 Å². The molecule has 1 atom stereocenters. The number of nitrogens with zero attached hydrogens (tertiary/aromatic N) is 1. The summed E-state index contributed by atoms with van der Waals surface area (Å²) in [7, 11) is 0. The Bertz CT molecular complexity index is 725. The zero-order valence-electron chi connectivity index (χ0n) is 13.5. The van der Waals surface area contributed by atoms with E-state index in [1.54, 1.807) is 12.1 Å². The number of carbonyl (C=O) groups is 1. The molecule has 1 unspecified atom stereocenters. The predicted octanol–water partition coefficient (Wildman–Crippen LogP) is 4.10. The van der Waals surface area contributed by atoms with Gasteiger partial charge >= 0.3 is 0 Å². The van der Waals surface area contributed by atoms with Gasteiger partial charge in [0.2, 0.25) is 0 Å². The minimum absolute atomic E-state index is 0.0671. The van der Waals surface area contributed by atoms with Gasteiger partial charge in [-0.05, 0) is 44.0 Å². The maximum atomic E-state index is 14.2. The van der Waals surface area contributed by atoms with Crippen LogP contribution >= 0.6 is 0 Å². The summed E-state index contributed by atoms with van der Waals surface area (Å²) >= 11 is 0. The Kier molecular flexibility index (Phi) is 4.90. The molecular weight excluding hydrogens is 312 g/mol. The van der Waals surface area contributed by atoms with Crippen molar-refractivity contribution in [3.63, 3.8) is 0 Å². The number of ether oxygens (including phenoxy) is 1. The average Bonchev–Trinajstić information content (AvgIpc) is 3.06. The van der Waals surface area contributed by atoms with Crippen LogP contribution in [0, 0.1) is 18.6 Å². The molecule has 1 heterocycles. The Morgan fingerprint density at radius 1 is 1.21 bits per heavy atom. The summed E-state index contributed by atoms with van der Waals surface area (Å²) < 4.78 is 33.0. The van der Waals surface area contributed by atoms with Crippen molar-refractivity contribution in [2.24, 2.45) is 0 Å². The quantitative estimate of drug-likeness (QED) is 0.844. The van der Waals surface area contributed by atoms with Gasteiger partial charge in [-0.2, -0.15) is 0 Å². The molecule has 0 bridgehead atoms. The van der Waals surface area contributed by atoms with E-state index in [4.69, 9.17) is 4.74 Å². The van der Waals surface area contributed by atoms with E-state index >= 15 is 0 Å². The zero-order chi connectivity index (χ0) is 17.1. The lowest BCUT2D eigenvalue weighted by molar-refractivity contribution is 0.0916. The normalized spacial score (nSPS) is 17.0. The van der Waals surface area contributed by atoms with Crippen molar-refractivity contribution >= 4 is 11.6 Å². The molecule has 1 amide bonds. The molecule has 1 aliphatic heterocycles. The first-order valence-electron chi connectivity index (χ1n) is 8.00. The van der Waals surface area contributed by atoms with Gasteiger partial charge in [-0.15, -0.1) is 0 Å². The fraction of sp³-hybridized carbons (Fsp3) is 0.316. The van der Waals surface area contributed by atoms with Crippen LogP contribution in [-0.2, 0) is 4.74 Å². The summed E-state index contributed by atoms with van der Waals surface area (Å²) in [6.45, 7) is 2.82. The van der Waals surface area contributed by atoms with Crippen LogP contribution < -0.4 is 4.90 Å². The standard InChI is InChI=1S/C19H19F2NO2/c1-13-4-6-14(7-5-13)19(23)22(12-16-3-2-10-24-16)18-9-8-15(20)11-17(18)21/h4-9,11,16H,2-3,10,12H2,1H3. The molecule has 2 aromatic rings. The fourth-order valence-electron chi connectivity index (χ4n) is 2.83. The number of carbonyl (C=O) groups excluding carboxylic acids is 1. The summed E-state index contributed by atoms with van der Waals surface area (Å²) in [5.74, 6) is -1.75. The third-order valence-corrected chi connectivity index (χ3v) is 4.15. The highest BCUT2D eigenvalue weighted by molar-refractivity contribution is 6.06. The maximum Gasteiger partial charge on any atom is 0.258 e. The molecule has 3 rings (SSSR count). The van der Waals surface area contributed by atoms with Crippen LogP contribution in [0.3, 0.4) is 0 Å². The molecule has 1 saturated heterocycles. The van der Waals surface area contributed by atoms with Crippen molar-refractivity contribution in [2.45, 2.75) is 25.9 Å². The molecular formula is C19H19F2NO2. The number of anilines is 1. The molecule has 0 N–H and O–H groups in total. The van der Waals surface area contributed by atoms with Gasteiger partial charge in [0.15, 0.2) is 0 Å². The molecule has 1 fully saturated rings. The molecule has 2 aromatic carbocycles. The van der Waals surface area contributed by atoms with Crippen LogP contribution in [0.15, 0.2) is 42.5 Å². The molecule has 24 heavy (non-hydrogen) atoms. The van der Waals surface area contributed by atoms with Gasteiger partial charge in [0.05, 0.1) is 18.3 Å². The highest BCUT2D eigenvalue weighted by Gasteiger charge is 2.26. The van der Waals surface area contributed by atoms with E-state index < -0.39 is 11.6 Å². The molecule has 0 spiro atoms. The predicted molar refractivity (Wildman–Crippen MR) is 88.2 cm³/mol. The lowest BCUT2D eigenvalue weighted by atomic mass is 10.1. The van der Waals surface area contributed by atoms with Crippen LogP contribution in [0.1, 0.15) is 28.8 Å². The van der Waals surface area contributed by atoms with Gasteiger partial charge in [0.1, 0.15) is 11.6 Å². The number of aryl methyl sites for hydroxylation is 1. The molecule has 3 nitrogen and oxygen atoms in total. The molecule has 5 heteroatoms. The van der Waals surface area contributed by atoms with Crippen LogP contribution in [0.25, 0.3) is 0 Å². The van der Waals surface area contributed by atoms with Gasteiger partial charge in [0.25, 0.3) is 5.91 Å². The third-order valence-electron chi connectivity index (χ3n) is 4.15. The second kappa shape index (κ2) is 7.09. The zero-order valence-corrected chi connectivity index (χ0v) is 13.5. The highest BCUT2D eigenvalue weighted by atomic mass is 19.1. The van der Waals surface area contributed by atoms with Crippen LogP contribution in [0.5, 0.6) is 0 Å². The minimum Gasteiger partial charge on any atom is -0.376 e. The number of benzene rings is 2. The Labute approximate surface area is 139 Å². The number of hydrogen-bond donors (Lipinski definition) is 0. The first-order chi connectivity index (χ1) is 11.5. The van der Waals surface area contributed by atoms with Gasteiger partial charge in [-0.3, -0.25) is 4.79 Å². The number of rotatable bonds is 4. The van der Waals surface area contributed by atoms with Crippen molar-refractivity contribution in [1.82, 2.24) is 0 Å². The van der Waals surface area contributed by atoms with E-state index in [1.807, 2.05) is 19.1 Å². The molecule has 1 aliphatic rings. The lowest BCUT2D eigenvalue weighted by Gasteiger charge is -2.26. The topological polar surface area (TPSA) is 29.5 Å². The lowest BCUT2D eigenvalue weighted by Crippen LogP contribution is -2.38. The second-order valence-corrected chi connectivity index (χ2v) is 6.01. The van der Waals surface area contributed by atoms with Crippen LogP contribution in [0.4, 0.5) is 14.5 Å². The van der Waals surface area contributed by atoms with E-state index in [0.717, 1.165) is 30.5 Å². The van der Waals surface area contributed by atoms with E-state index in [0.29, 0.717) is 12.2 Å². The molecule has 0 aromatic heterocycles. The SMILES string of the molecule is Cc1ccc(C(=O)N(CC2CCCO2)c2ccc(F)cc2F)cc1. The summed E-state index contributed by atoms with van der Waals surface area (Å²) in [4.78, 5) is 14.2. The number of amides is 1. The van der Waals surface area contributed by atoms with E-state index in [9.17, 15) is 13.6 Å². The molecule has 126 valence electrons. The monoisotopic (exact) mass is 331 g/mol. The van der Waals surface area contributed by atoms with Gasteiger partial charge in [0, 0.05) is 18.2 Å². The Morgan fingerprint density at radius 3 is 2.58 bits per heavy atom. The average molecular weight is 331 g/mol. The highest BCUT2D eigenvalue weighted by Crippen LogP contribution is 2.25. The van der Waals surface area contributed by atoms with Crippen molar-refractivity contribution in [3.05, 3.63) is 65.2 Å². The Balaban J connectivity index is 1.94. The summed E-state index contributed by atoms with van der Waals surface area (Å²) in [5, 5.41) is 0. The van der Waals surface area contributed by atoms with E-state index in [2.05, 4.69) is 0 Å². The van der Waals surface area contributed by atoms with Gasteiger partial charge < -0.3 is 9.64 Å². The number of hydrogen-bond acceptors (Lipinski definition) is 2. The van der Waals surface area contributed by atoms with Crippen molar-refractivity contribution in [2.75, 3.05) is 18.1 Å². The summed E-state index contributed by atoms with van der Waals surface area (Å²) in [6.07, 6.45) is 1.60. The van der Waals surface area contributed by atoms with E-state index in [1.165, 1.54) is 11.0 Å². The first kappa shape index (κ1) is 16.6. The minimum atomic E-state index is -0.756. The maximum absolute atomic E-state index is 14.2. The van der Waals surface area contributed by atoms with E-state index in [-0.39, 0.29) is 24.2 Å². The largest absolute Gasteiger partial charge is 0.376 e. The molecule has 0 aliphatic carbocycles. The smallest absolute Gasteiger partial charge is 0.258 e. The first-order valence-corrected chi connectivity index (χ1v) is 8.00. The van der Waals surface area contributed by atoms with Gasteiger partial charge in [-0.25, -0.2) is 8.78 Å². The Morgan fingerprint density at radius 2 is 1.96 bits per heavy atom. The molecule has 0 saturated carbocycles. The summed E-state index contributed by atoms with van der Waals surface area (Å²) in [6, 6.07) is 10.3. The van der Waals surface area contributed by atoms with Gasteiger partial charge in [-0.1, -0.05) is 17.7 Å². The van der Waals surface area contributed by atoms with Crippen molar-refractivity contribution < 1.29 is 18.3 Å². The fourth-order valence-corrected chi connectivity index (χ4v) is 2.83. The summed E-state index contributed by atoms with van der Waals surface area (Å²) in [5.41, 5.74) is 1.56. The van der Waals surface area contributed by atoms with Crippen LogP contribution in [-0.4, -0.2) is 25.2 Å². The number of halogens is 2. The van der Waals surface area contributed by atoms with Crippen molar-refractivity contribution in [3.8, 4) is 0 Å².